The van der Waals surface area contributed by atoms with Crippen LogP contribution in [-0.4, -0.2) is 34.7 Å². The first-order valence-corrected chi connectivity index (χ1v) is 3.91. The molecule has 12 heavy (non-hydrogen) atoms. The Balaban J connectivity index is 0.00000121. The Morgan fingerprint density at radius 3 is 2.25 bits per heavy atom. The van der Waals surface area contributed by atoms with Crippen LogP contribution in [0.4, 0.5) is 0 Å². The van der Waals surface area contributed by atoms with Crippen molar-refractivity contribution in [2.75, 3.05) is 0 Å². The quantitative estimate of drug-likeness (QED) is 0.647. The number of benzene rings is 1. The Hall–Kier alpha value is 0.0200. The number of aromatic hydroxyl groups is 1. The average molecular weight is 173 g/mol. The second-order valence-electron chi connectivity index (χ2n) is 3.22. The fourth-order valence-corrected chi connectivity index (χ4v) is 1.14. The molecule has 0 unspecified atom stereocenters. The van der Waals surface area contributed by atoms with E-state index in [1.807, 2.05) is 19.1 Å². The summed E-state index contributed by atoms with van der Waals surface area (Å²) in [5.41, 5.74) is 2.13. The van der Waals surface area contributed by atoms with Crippen LogP contribution < -0.4 is 0 Å². The van der Waals surface area contributed by atoms with Gasteiger partial charge in [-0.25, -0.2) is 0 Å². The molecule has 61 valence electrons. The maximum atomic E-state index is 9.46. The van der Waals surface area contributed by atoms with Crippen molar-refractivity contribution in [1.29, 1.82) is 0 Å². The third-order valence-corrected chi connectivity index (χ3v) is 1.81. The van der Waals surface area contributed by atoms with Crippen molar-refractivity contribution in [3.63, 3.8) is 0 Å². The van der Waals surface area contributed by atoms with E-state index in [0.717, 1.165) is 11.1 Å². The van der Waals surface area contributed by atoms with Crippen molar-refractivity contribution < 1.29 is 5.11 Å². The minimum atomic E-state index is 0. The minimum Gasteiger partial charge on any atom is -0.508 e. The van der Waals surface area contributed by atoms with Gasteiger partial charge in [0.1, 0.15) is 5.75 Å². The molecule has 1 aromatic carbocycles. The number of hydrogen-bond acceptors (Lipinski definition) is 1. The number of rotatable bonds is 1. The van der Waals surface area contributed by atoms with Gasteiger partial charge in [0.15, 0.2) is 0 Å². The van der Waals surface area contributed by atoms with Gasteiger partial charge in [-0.15, -0.1) is 0 Å². The predicted octanol–water partition coefficient (Wildman–Crippen LogP) is 2.44. The molecule has 0 saturated heterocycles. The van der Waals surface area contributed by atoms with Crippen LogP contribution in [-0.2, 0) is 0 Å². The maximum Gasteiger partial charge on any atom is 0.119 e. The molecule has 1 rings (SSSR count). The fourth-order valence-electron chi connectivity index (χ4n) is 1.14. The van der Waals surface area contributed by atoms with E-state index in [1.54, 1.807) is 6.07 Å². The van der Waals surface area contributed by atoms with Gasteiger partial charge in [0.05, 0.1) is 0 Å². The summed E-state index contributed by atoms with van der Waals surface area (Å²) >= 11 is 0. The van der Waals surface area contributed by atoms with E-state index in [4.69, 9.17) is 0 Å². The molecule has 1 aromatic rings. The van der Waals surface area contributed by atoms with Crippen LogP contribution in [0.3, 0.4) is 0 Å². The number of phenols is 1. The average Bonchev–Trinajstić information content (AvgIpc) is 1.85. The van der Waals surface area contributed by atoms with Crippen LogP contribution in [0, 0.1) is 6.92 Å². The van der Waals surface area contributed by atoms with Gasteiger partial charge in [-0.3, -0.25) is 0 Å². The minimum absolute atomic E-state index is 0. The molecule has 0 aliphatic heterocycles. The molecule has 1 radical (unpaired) electrons. The van der Waals surface area contributed by atoms with Crippen LogP contribution in [0.5, 0.6) is 5.75 Å². The van der Waals surface area contributed by atoms with Gasteiger partial charge in [-0.05, 0) is 30.0 Å². The first-order chi connectivity index (χ1) is 5.11. The summed E-state index contributed by atoms with van der Waals surface area (Å²) in [5.74, 6) is 0.815. The van der Waals surface area contributed by atoms with E-state index >= 15 is 0 Å². The molecule has 0 fully saturated rings. The van der Waals surface area contributed by atoms with E-state index in [0.29, 0.717) is 11.7 Å². The molecule has 2 heteroatoms. The molecule has 1 nitrogen and oxygen atoms in total. The third-order valence-electron chi connectivity index (χ3n) is 1.81. The predicted molar refractivity (Wildman–Crippen MR) is 52.7 cm³/mol. The van der Waals surface area contributed by atoms with Gasteiger partial charge in [0.25, 0.3) is 0 Å². The monoisotopic (exact) mass is 173 g/mol. The SMILES string of the molecule is Cc1ccc(C(C)C)c(O)c1.[Na]. The molecule has 0 aliphatic carbocycles. The van der Waals surface area contributed by atoms with Crippen molar-refractivity contribution in [3.05, 3.63) is 29.3 Å². The van der Waals surface area contributed by atoms with Crippen LogP contribution in [0.2, 0.25) is 0 Å². The Labute approximate surface area is 96.1 Å². The molecule has 0 spiro atoms. The molecular weight excluding hydrogens is 159 g/mol. The second kappa shape index (κ2) is 4.90. The number of hydrogen-bond donors (Lipinski definition) is 1. The first kappa shape index (κ1) is 12.0. The van der Waals surface area contributed by atoms with Crippen molar-refractivity contribution in [2.45, 2.75) is 26.7 Å². The normalized spacial score (nSPS) is 9.67. The maximum absolute atomic E-state index is 9.46. The van der Waals surface area contributed by atoms with Gasteiger partial charge in [-0.2, -0.15) is 0 Å². The molecule has 1 N–H and O–H groups in total. The zero-order chi connectivity index (χ0) is 8.43. The number of phenolic OH excluding ortho intramolecular Hbond substituents is 1. The Morgan fingerprint density at radius 2 is 1.83 bits per heavy atom. The van der Waals surface area contributed by atoms with E-state index in [2.05, 4.69) is 13.8 Å². The zero-order valence-corrected chi connectivity index (χ0v) is 10.3. The summed E-state index contributed by atoms with van der Waals surface area (Å²) in [6.07, 6.45) is 0. The summed E-state index contributed by atoms with van der Waals surface area (Å²) < 4.78 is 0. The summed E-state index contributed by atoms with van der Waals surface area (Å²) in [6, 6.07) is 5.81. The van der Waals surface area contributed by atoms with E-state index in [9.17, 15) is 5.11 Å². The Bertz CT molecular complexity index is 256. The van der Waals surface area contributed by atoms with E-state index in [1.165, 1.54) is 0 Å². The standard InChI is InChI=1S/C10H14O.Na/c1-7(2)9-5-4-8(3)6-10(9)11;/h4-7,11H,1-3H3;. The fraction of sp³-hybridized carbons (Fsp3) is 0.400. The smallest absolute Gasteiger partial charge is 0.119 e. The van der Waals surface area contributed by atoms with Crippen molar-refractivity contribution in [1.82, 2.24) is 0 Å². The summed E-state index contributed by atoms with van der Waals surface area (Å²) in [5, 5.41) is 9.46. The molecular formula is C10H14NaO. The van der Waals surface area contributed by atoms with Crippen molar-refractivity contribution in [3.8, 4) is 5.75 Å². The van der Waals surface area contributed by atoms with Gasteiger partial charge in [-0.1, -0.05) is 26.0 Å². The van der Waals surface area contributed by atoms with Crippen LogP contribution >= 0.6 is 0 Å². The molecule has 0 bridgehead atoms. The third kappa shape index (κ3) is 2.81. The van der Waals surface area contributed by atoms with E-state index < -0.39 is 0 Å². The molecule has 0 amide bonds. The molecule has 0 aliphatic rings. The summed E-state index contributed by atoms with van der Waals surface area (Å²) in [6.45, 7) is 6.12. The molecule has 0 heterocycles. The van der Waals surface area contributed by atoms with Crippen LogP contribution in [0.1, 0.15) is 30.9 Å². The van der Waals surface area contributed by atoms with Crippen LogP contribution in [0.15, 0.2) is 18.2 Å². The zero-order valence-electron chi connectivity index (χ0n) is 8.26. The number of aryl methyl sites for hydroxylation is 1. The van der Waals surface area contributed by atoms with E-state index in [-0.39, 0.29) is 29.6 Å². The first-order valence-electron chi connectivity index (χ1n) is 3.91. The molecule has 0 saturated carbocycles. The van der Waals surface area contributed by atoms with Gasteiger partial charge in [0, 0.05) is 29.6 Å². The second-order valence-corrected chi connectivity index (χ2v) is 3.22. The summed E-state index contributed by atoms with van der Waals surface area (Å²) in [4.78, 5) is 0. The van der Waals surface area contributed by atoms with Crippen molar-refractivity contribution in [2.24, 2.45) is 0 Å². The Morgan fingerprint density at radius 1 is 1.25 bits per heavy atom. The molecule has 0 atom stereocenters. The van der Waals surface area contributed by atoms with Gasteiger partial charge >= 0.3 is 0 Å². The van der Waals surface area contributed by atoms with Gasteiger partial charge < -0.3 is 5.11 Å². The largest absolute Gasteiger partial charge is 0.508 e. The Kier molecular flexibility index (Phi) is 4.91. The summed E-state index contributed by atoms with van der Waals surface area (Å²) in [7, 11) is 0. The van der Waals surface area contributed by atoms with Gasteiger partial charge in [0.2, 0.25) is 0 Å². The van der Waals surface area contributed by atoms with Crippen LogP contribution in [0.25, 0.3) is 0 Å². The topological polar surface area (TPSA) is 20.2 Å². The molecule has 0 aromatic heterocycles. The van der Waals surface area contributed by atoms with Crippen molar-refractivity contribution >= 4 is 29.6 Å².